The predicted octanol–water partition coefficient (Wildman–Crippen LogP) is 3.88. The zero-order chi connectivity index (χ0) is 10.5. The van der Waals surface area contributed by atoms with Gasteiger partial charge in [-0.25, -0.2) is 0 Å². The molecule has 0 unspecified atom stereocenters. The van der Waals surface area contributed by atoms with E-state index in [1.165, 1.54) is 0 Å². The summed E-state index contributed by atoms with van der Waals surface area (Å²) in [6.07, 6.45) is 0. The molecule has 0 amide bonds. The number of hydrogen-bond acceptors (Lipinski definition) is 4. The minimum atomic E-state index is -3.42. The molecule has 0 heterocycles. The number of halogens is 2. The van der Waals surface area contributed by atoms with Crippen LogP contribution in [0.4, 0.5) is 0 Å². The van der Waals surface area contributed by atoms with E-state index in [-0.39, 0.29) is 13.2 Å². The van der Waals surface area contributed by atoms with E-state index in [2.05, 4.69) is 0 Å². The van der Waals surface area contributed by atoms with E-state index >= 15 is 0 Å². The highest BCUT2D eigenvalue weighted by Gasteiger charge is 2.33. The molecule has 0 radical (unpaired) electrons. The van der Waals surface area contributed by atoms with E-state index in [9.17, 15) is 9.13 Å². The maximum Gasteiger partial charge on any atom is 0.340 e. The Bertz CT molecular complexity index is 229. The van der Waals surface area contributed by atoms with Crippen LogP contribution in [0.2, 0.25) is 0 Å². The van der Waals surface area contributed by atoms with Gasteiger partial charge in [-0.1, -0.05) is 0 Å². The average Bonchev–Trinajstić information content (AvgIpc) is 1.82. The van der Waals surface area contributed by atoms with Gasteiger partial charge in [-0.2, -0.15) is 0 Å². The lowest BCUT2D eigenvalue weighted by atomic mass is 10.9. The third kappa shape index (κ3) is 6.96. The van der Waals surface area contributed by atoms with Gasteiger partial charge in [-0.3, -0.25) is 9.13 Å². The Balaban J connectivity index is 4.42. The summed E-state index contributed by atoms with van der Waals surface area (Å²) in [5, 5.41) is 0. The first-order valence-corrected chi connectivity index (χ1v) is 9.12. The molecule has 0 aromatic heterocycles. The van der Waals surface area contributed by atoms with Crippen LogP contribution in [0.5, 0.6) is 0 Å². The van der Waals surface area contributed by atoms with Crippen LogP contribution < -0.4 is 0 Å². The lowest BCUT2D eigenvalue weighted by Gasteiger charge is -2.16. The summed E-state index contributed by atoms with van der Waals surface area (Å²) in [5.74, 6) is -3.86. The van der Waals surface area contributed by atoms with E-state index in [1.807, 2.05) is 0 Å². The van der Waals surface area contributed by atoms with Gasteiger partial charge in [0.2, 0.25) is 0 Å². The molecule has 0 aromatic rings. The smallest absolute Gasteiger partial charge is 0.308 e. The Morgan fingerprint density at radius 2 is 1.46 bits per heavy atom. The molecule has 0 aliphatic heterocycles. The summed E-state index contributed by atoms with van der Waals surface area (Å²) in [7, 11) is -3.37. The molecule has 0 spiro atoms. The molecule has 8 heteroatoms. The molecule has 0 fully saturated rings. The Labute approximate surface area is 87.4 Å². The Morgan fingerprint density at radius 1 is 1.08 bits per heavy atom. The number of rotatable bonds is 6. The maximum atomic E-state index is 11.6. The summed E-state index contributed by atoms with van der Waals surface area (Å²) >= 11 is 10.6. The summed E-state index contributed by atoms with van der Waals surface area (Å²) in [6, 6.07) is 0. The zero-order valence-electron chi connectivity index (χ0n) is 7.40. The third-order valence-electron chi connectivity index (χ3n) is 0.989. The van der Waals surface area contributed by atoms with E-state index in [4.69, 9.17) is 31.5 Å². The molecule has 80 valence electrons. The molecule has 0 aliphatic rings. The second kappa shape index (κ2) is 5.75. The van der Waals surface area contributed by atoms with Crippen molar-refractivity contribution < 1.29 is 18.2 Å². The van der Waals surface area contributed by atoms with Gasteiger partial charge >= 0.3 is 7.60 Å². The normalized spacial score (nSPS) is 13.2. The highest BCUT2D eigenvalue weighted by molar-refractivity contribution is 8.11. The van der Waals surface area contributed by atoms with Gasteiger partial charge in [-0.05, 0) is 36.3 Å². The molecule has 0 rings (SSSR count). The van der Waals surface area contributed by atoms with Crippen LogP contribution in [-0.4, -0.2) is 19.1 Å². The molecule has 13 heavy (non-hydrogen) atoms. The summed E-state index contributed by atoms with van der Waals surface area (Å²) < 4.78 is 32.3. The Morgan fingerprint density at radius 3 is 1.69 bits per heavy atom. The fraction of sp³-hybridized carbons (Fsp3) is 1.00. The minimum absolute atomic E-state index is 0.199. The lowest BCUT2D eigenvalue weighted by molar-refractivity contribution is 0.224. The van der Waals surface area contributed by atoms with E-state index < -0.39 is 19.3 Å². The van der Waals surface area contributed by atoms with Crippen molar-refractivity contribution in [2.75, 3.05) is 19.1 Å². The fourth-order valence-electron chi connectivity index (χ4n) is 0.714. The highest BCUT2D eigenvalue weighted by atomic mass is 35.9. The van der Waals surface area contributed by atoms with Gasteiger partial charge in [0.15, 0.2) is 0 Å². The average molecular weight is 269 g/mol. The van der Waals surface area contributed by atoms with Gasteiger partial charge in [0, 0.05) is 0 Å². The number of hydrogen-bond donors (Lipinski definition) is 0. The lowest BCUT2D eigenvalue weighted by Crippen LogP contribution is -1.98. The minimum Gasteiger partial charge on any atom is -0.308 e. The maximum absolute atomic E-state index is 11.6. The van der Waals surface area contributed by atoms with E-state index in [1.54, 1.807) is 13.8 Å². The molecule has 0 saturated heterocycles. The van der Waals surface area contributed by atoms with Crippen molar-refractivity contribution in [3.63, 3.8) is 0 Å². The van der Waals surface area contributed by atoms with Crippen molar-refractivity contribution in [1.82, 2.24) is 0 Å². The molecular formula is C5H12Cl2O4P2. The molecule has 0 aliphatic carbocycles. The Kier molecular flexibility index (Phi) is 6.17. The summed E-state index contributed by atoms with van der Waals surface area (Å²) in [4.78, 5) is 0. The second-order valence-electron chi connectivity index (χ2n) is 2.16. The van der Waals surface area contributed by atoms with Crippen molar-refractivity contribution >= 4 is 35.9 Å². The van der Waals surface area contributed by atoms with Crippen LogP contribution in [0.15, 0.2) is 0 Å². The molecular weight excluding hydrogens is 257 g/mol. The van der Waals surface area contributed by atoms with Crippen molar-refractivity contribution in [1.29, 1.82) is 0 Å². The third-order valence-corrected chi connectivity index (χ3v) is 6.92. The summed E-state index contributed by atoms with van der Waals surface area (Å²) in [6.45, 7) is 3.70. The highest BCUT2D eigenvalue weighted by Crippen LogP contribution is 2.68. The van der Waals surface area contributed by atoms with Gasteiger partial charge < -0.3 is 9.05 Å². The van der Waals surface area contributed by atoms with E-state index in [0.717, 1.165) is 0 Å². The first kappa shape index (κ1) is 14.0. The second-order valence-corrected chi connectivity index (χ2v) is 9.96. The standard InChI is InChI=1S/C5H12Cl2O4P2/c1-3-10-13(9,11-4-2)5-12(6,7)8/h3-5H2,1-2H3. The van der Waals surface area contributed by atoms with Gasteiger partial charge in [0.1, 0.15) is 5.90 Å². The summed E-state index contributed by atoms with van der Waals surface area (Å²) in [5.41, 5.74) is 0. The van der Waals surface area contributed by atoms with Gasteiger partial charge in [-0.15, -0.1) is 0 Å². The van der Waals surface area contributed by atoms with E-state index in [0.29, 0.717) is 0 Å². The van der Waals surface area contributed by atoms with Crippen LogP contribution in [0.25, 0.3) is 0 Å². The van der Waals surface area contributed by atoms with Crippen LogP contribution in [0.3, 0.4) is 0 Å². The van der Waals surface area contributed by atoms with Crippen molar-refractivity contribution in [3.05, 3.63) is 0 Å². The van der Waals surface area contributed by atoms with Gasteiger partial charge in [0.25, 0.3) is 5.85 Å². The first-order valence-electron chi connectivity index (χ1n) is 3.69. The van der Waals surface area contributed by atoms with Gasteiger partial charge in [0.05, 0.1) is 13.2 Å². The van der Waals surface area contributed by atoms with Crippen LogP contribution in [0, 0.1) is 0 Å². The van der Waals surface area contributed by atoms with Crippen molar-refractivity contribution in [2.24, 2.45) is 0 Å². The monoisotopic (exact) mass is 268 g/mol. The molecule has 0 bridgehead atoms. The van der Waals surface area contributed by atoms with Crippen molar-refractivity contribution in [3.8, 4) is 0 Å². The van der Waals surface area contributed by atoms with Crippen LogP contribution in [-0.2, 0) is 18.2 Å². The topological polar surface area (TPSA) is 52.6 Å². The predicted molar refractivity (Wildman–Crippen MR) is 55.0 cm³/mol. The molecule has 0 aromatic carbocycles. The SMILES string of the molecule is CCOP(=O)(CP(=O)(Cl)Cl)OCC. The van der Waals surface area contributed by atoms with Crippen LogP contribution >= 0.6 is 35.9 Å². The molecule has 4 nitrogen and oxygen atoms in total. The largest absolute Gasteiger partial charge is 0.340 e. The fourth-order valence-corrected chi connectivity index (χ4v) is 6.20. The molecule has 0 saturated carbocycles. The molecule has 0 N–H and O–H groups in total. The first-order chi connectivity index (χ1) is 5.83. The quantitative estimate of drug-likeness (QED) is 0.686. The van der Waals surface area contributed by atoms with Crippen LogP contribution in [0.1, 0.15) is 13.8 Å². The zero-order valence-corrected chi connectivity index (χ0v) is 10.7. The van der Waals surface area contributed by atoms with Crippen molar-refractivity contribution in [2.45, 2.75) is 13.8 Å². The molecule has 0 atom stereocenters. The Hall–Kier alpha value is 0.960.